The molecule has 0 aliphatic carbocycles. The van der Waals surface area contributed by atoms with Gasteiger partial charge in [-0.1, -0.05) is 58.4 Å². The first-order valence-electron chi connectivity index (χ1n) is 8.27. The Morgan fingerprint density at radius 1 is 1.00 bits per heavy atom. The van der Waals surface area contributed by atoms with Crippen molar-refractivity contribution in [3.05, 3.63) is 96.6 Å². The fraction of sp³-hybridized carbons (Fsp3) is 0.105. The van der Waals surface area contributed by atoms with Crippen LogP contribution < -0.4 is 21.9 Å². The fourth-order valence-corrected chi connectivity index (χ4v) is 3.61. The Labute approximate surface area is 162 Å². The summed E-state index contributed by atoms with van der Waals surface area (Å²) in [6.07, 6.45) is 0. The summed E-state index contributed by atoms with van der Waals surface area (Å²) in [5.41, 5.74) is 0.800. The van der Waals surface area contributed by atoms with E-state index in [2.05, 4.69) is 31.5 Å². The highest BCUT2D eigenvalue weighted by molar-refractivity contribution is 9.10. The maximum absolute atomic E-state index is 12.6. The third-order valence-electron chi connectivity index (χ3n) is 4.40. The summed E-state index contributed by atoms with van der Waals surface area (Å²) in [7, 11) is 0. The molecule has 8 heteroatoms. The predicted molar refractivity (Wildman–Crippen MR) is 105 cm³/mol. The average molecular weight is 427 g/mol. The van der Waals surface area contributed by atoms with Gasteiger partial charge >= 0.3 is 11.7 Å². The molecular formula is C19H15BrN4O3. The molecule has 0 radical (unpaired) electrons. The summed E-state index contributed by atoms with van der Waals surface area (Å²) in [6.45, 7) is 0.226. The monoisotopic (exact) mass is 426 g/mol. The van der Waals surface area contributed by atoms with E-state index in [4.69, 9.17) is 0 Å². The number of anilines is 1. The number of rotatable bonds is 3. The van der Waals surface area contributed by atoms with Crippen molar-refractivity contribution in [1.29, 1.82) is 0 Å². The number of fused-ring (bicyclic) bond motifs is 1. The molecule has 7 nitrogen and oxygen atoms in total. The zero-order valence-electron chi connectivity index (χ0n) is 14.0. The third-order valence-corrected chi connectivity index (χ3v) is 4.89. The van der Waals surface area contributed by atoms with Crippen LogP contribution in [0.15, 0.2) is 68.7 Å². The van der Waals surface area contributed by atoms with Crippen LogP contribution in [-0.2, 0) is 6.54 Å². The van der Waals surface area contributed by atoms with Crippen molar-refractivity contribution in [3.63, 3.8) is 0 Å². The molecule has 0 spiro atoms. The number of hydrogen-bond acceptors (Lipinski definition) is 3. The number of halogens is 1. The van der Waals surface area contributed by atoms with Gasteiger partial charge < -0.3 is 5.32 Å². The van der Waals surface area contributed by atoms with Crippen molar-refractivity contribution in [2.45, 2.75) is 12.6 Å². The Morgan fingerprint density at radius 3 is 2.52 bits per heavy atom. The van der Waals surface area contributed by atoms with Crippen molar-refractivity contribution in [1.82, 2.24) is 14.9 Å². The lowest BCUT2D eigenvalue weighted by molar-refractivity contribution is 0.248. The molecule has 3 aromatic rings. The molecule has 0 saturated heterocycles. The lowest BCUT2D eigenvalue weighted by atomic mass is 9.98. The van der Waals surface area contributed by atoms with Crippen molar-refractivity contribution in [3.8, 4) is 0 Å². The van der Waals surface area contributed by atoms with Gasteiger partial charge in [-0.2, -0.15) is 0 Å². The summed E-state index contributed by atoms with van der Waals surface area (Å²) < 4.78 is 2.19. The molecule has 1 atom stereocenters. The number of H-pyrrole nitrogens is 1. The molecule has 1 aromatic heterocycles. The first-order valence-corrected chi connectivity index (χ1v) is 9.06. The summed E-state index contributed by atoms with van der Waals surface area (Å²) in [6, 6.07) is 15.5. The van der Waals surface area contributed by atoms with E-state index in [0.29, 0.717) is 5.56 Å². The van der Waals surface area contributed by atoms with Gasteiger partial charge in [0.1, 0.15) is 5.82 Å². The minimum Gasteiger partial charge on any atom is -0.327 e. The summed E-state index contributed by atoms with van der Waals surface area (Å²) in [4.78, 5) is 39.7. The molecule has 2 heterocycles. The van der Waals surface area contributed by atoms with Crippen LogP contribution in [0.1, 0.15) is 22.7 Å². The molecule has 0 bridgehead atoms. The van der Waals surface area contributed by atoms with Crippen LogP contribution in [0.3, 0.4) is 0 Å². The smallest absolute Gasteiger partial charge is 0.327 e. The van der Waals surface area contributed by atoms with E-state index in [0.717, 1.165) is 15.6 Å². The number of aromatic amines is 1. The van der Waals surface area contributed by atoms with Crippen LogP contribution >= 0.6 is 15.9 Å². The molecule has 2 aromatic carbocycles. The molecule has 1 aliphatic heterocycles. The van der Waals surface area contributed by atoms with Gasteiger partial charge in [0.2, 0.25) is 0 Å². The summed E-state index contributed by atoms with van der Waals surface area (Å²) in [5, 5.41) is 5.39. The summed E-state index contributed by atoms with van der Waals surface area (Å²) in [5.74, 6) is 0.210. The van der Waals surface area contributed by atoms with Gasteiger partial charge in [0.25, 0.3) is 5.56 Å². The third kappa shape index (κ3) is 3.31. The van der Waals surface area contributed by atoms with E-state index in [-0.39, 0.29) is 12.4 Å². The first-order chi connectivity index (χ1) is 13.0. The zero-order chi connectivity index (χ0) is 19.0. The highest BCUT2D eigenvalue weighted by Gasteiger charge is 2.31. The van der Waals surface area contributed by atoms with E-state index in [1.165, 1.54) is 4.57 Å². The SMILES string of the molecule is O=C1Nc2c(c(=O)[nH]c(=O)n2Cc2ccccc2)C(c2cccc(Br)c2)N1. The minimum atomic E-state index is -0.669. The number of urea groups is 1. The number of benzene rings is 2. The van der Waals surface area contributed by atoms with Crippen LogP contribution in [0.2, 0.25) is 0 Å². The predicted octanol–water partition coefficient (Wildman–Crippen LogP) is 2.57. The molecule has 1 aliphatic rings. The van der Waals surface area contributed by atoms with Gasteiger partial charge in [0, 0.05) is 4.47 Å². The van der Waals surface area contributed by atoms with Crippen molar-refractivity contribution >= 4 is 27.8 Å². The lowest BCUT2D eigenvalue weighted by Crippen LogP contribution is -2.46. The van der Waals surface area contributed by atoms with E-state index in [9.17, 15) is 14.4 Å². The maximum atomic E-state index is 12.6. The Morgan fingerprint density at radius 2 is 1.78 bits per heavy atom. The van der Waals surface area contributed by atoms with Gasteiger partial charge in [-0.05, 0) is 23.3 Å². The second-order valence-corrected chi connectivity index (χ2v) is 7.10. The average Bonchev–Trinajstić information content (AvgIpc) is 2.65. The fourth-order valence-electron chi connectivity index (χ4n) is 3.19. The maximum Gasteiger partial charge on any atom is 0.330 e. The van der Waals surface area contributed by atoms with E-state index < -0.39 is 23.3 Å². The van der Waals surface area contributed by atoms with E-state index in [1.54, 1.807) is 0 Å². The number of amides is 2. The van der Waals surface area contributed by atoms with Crippen LogP contribution in [0, 0.1) is 0 Å². The molecule has 3 N–H and O–H groups in total. The Hall–Kier alpha value is -3.13. The molecule has 4 rings (SSSR count). The quantitative estimate of drug-likeness (QED) is 0.600. The zero-order valence-corrected chi connectivity index (χ0v) is 15.6. The molecule has 1 unspecified atom stereocenters. The number of aromatic nitrogens is 2. The normalized spacial score (nSPS) is 15.6. The highest BCUT2D eigenvalue weighted by Crippen LogP contribution is 2.29. The summed E-state index contributed by atoms with van der Waals surface area (Å²) >= 11 is 3.40. The number of nitrogens with one attached hydrogen (secondary N) is 3. The molecule has 0 fully saturated rings. The number of carbonyl (C=O) groups is 1. The van der Waals surface area contributed by atoms with Gasteiger partial charge in [-0.25, -0.2) is 9.59 Å². The van der Waals surface area contributed by atoms with E-state index in [1.807, 2.05) is 54.6 Å². The van der Waals surface area contributed by atoms with Gasteiger partial charge in [0.15, 0.2) is 0 Å². The number of carbonyl (C=O) groups excluding carboxylic acids is 1. The van der Waals surface area contributed by atoms with E-state index >= 15 is 0 Å². The number of nitrogens with zero attached hydrogens (tertiary/aromatic N) is 1. The lowest BCUT2D eigenvalue weighted by Gasteiger charge is -2.28. The van der Waals surface area contributed by atoms with Crippen molar-refractivity contribution in [2.24, 2.45) is 0 Å². The van der Waals surface area contributed by atoms with Gasteiger partial charge in [-0.15, -0.1) is 0 Å². The molecule has 136 valence electrons. The van der Waals surface area contributed by atoms with Crippen molar-refractivity contribution in [2.75, 3.05) is 5.32 Å². The second kappa shape index (κ2) is 6.88. The largest absolute Gasteiger partial charge is 0.330 e. The first kappa shape index (κ1) is 17.3. The Kier molecular flexibility index (Phi) is 4.41. The molecule has 2 amide bonds. The van der Waals surface area contributed by atoms with Crippen LogP contribution in [0.25, 0.3) is 0 Å². The molecule has 0 saturated carbocycles. The second-order valence-electron chi connectivity index (χ2n) is 6.18. The number of hydrogen-bond donors (Lipinski definition) is 3. The van der Waals surface area contributed by atoms with Crippen molar-refractivity contribution < 1.29 is 4.79 Å². The standard InChI is InChI=1S/C19H15BrN4O3/c20-13-8-4-7-12(9-13)15-14-16(22-18(26)21-15)24(19(27)23-17(14)25)10-11-5-2-1-3-6-11/h1-9,15H,10H2,(H2,21,22,26)(H,23,25,27). The highest BCUT2D eigenvalue weighted by atomic mass is 79.9. The topological polar surface area (TPSA) is 96.0 Å². The Bertz CT molecular complexity index is 1140. The van der Waals surface area contributed by atoms with Crippen LogP contribution in [0.5, 0.6) is 0 Å². The minimum absolute atomic E-state index is 0.210. The Balaban J connectivity index is 1.90. The van der Waals surface area contributed by atoms with Crippen LogP contribution in [-0.4, -0.2) is 15.6 Å². The van der Waals surface area contributed by atoms with Gasteiger partial charge in [0.05, 0.1) is 18.2 Å². The van der Waals surface area contributed by atoms with Gasteiger partial charge in [-0.3, -0.25) is 19.7 Å². The molecular weight excluding hydrogens is 412 g/mol. The van der Waals surface area contributed by atoms with Crippen LogP contribution in [0.4, 0.5) is 10.6 Å². The molecule has 27 heavy (non-hydrogen) atoms.